The quantitative estimate of drug-likeness (QED) is 0.608. The number of aliphatic hydroxyl groups is 1. The van der Waals surface area contributed by atoms with Crippen LogP contribution in [-0.2, 0) is 0 Å². The van der Waals surface area contributed by atoms with Crippen molar-refractivity contribution in [3.63, 3.8) is 0 Å². The van der Waals surface area contributed by atoms with Crippen LogP contribution in [0.15, 0.2) is 24.9 Å². The van der Waals surface area contributed by atoms with Gasteiger partial charge in [0.15, 0.2) is 0 Å². The van der Waals surface area contributed by atoms with Crippen LogP contribution in [0.2, 0.25) is 0 Å². The second-order valence-corrected chi connectivity index (χ2v) is 2.11. The Balaban J connectivity index is 3.02. The van der Waals surface area contributed by atoms with E-state index in [0.29, 0.717) is 11.3 Å². The first-order chi connectivity index (χ1) is 5.25. The number of hydrogen-bond acceptors (Lipinski definition) is 3. The van der Waals surface area contributed by atoms with E-state index in [-0.39, 0.29) is 0 Å². The fraction of sp³-hybridized carbons (Fsp3) is 0.125. The molecule has 0 aliphatic carbocycles. The van der Waals surface area contributed by atoms with E-state index in [2.05, 4.69) is 17.8 Å². The molecule has 3 N–H and O–H groups in total. The third-order valence-corrected chi connectivity index (χ3v) is 1.34. The van der Waals surface area contributed by atoms with E-state index in [1.807, 2.05) is 0 Å². The van der Waals surface area contributed by atoms with Gasteiger partial charge < -0.3 is 10.8 Å². The van der Waals surface area contributed by atoms with Gasteiger partial charge in [0.1, 0.15) is 6.10 Å². The van der Waals surface area contributed by atoms with Gasteiger partial charge in [-0.3, -0.25) is 4.98 Å². The van der Waals surface area contributed by atoms with Gasteiger partial charge in [-0.2, -0.15) is 0 Å². The maximum absolute atomic E-state index is 9.24. The van der Waals surface area contributed by atoms with Crippen LogP contribution in [-0.4, -0.2) is 10.1 Å². The molecule has 11 heavy (non-hydrogen) atoms. The number of aliphatic hydroxyl groups excluding tert-OH is 1. The summed E-state index contributed by atoms with van der Waals surface area (Å²) in [5.41, 5.74) is 6.47. The van der Waals surface area contributed by atoms with Crippen molar-refractivity contribution in [2.24, 2.45) is 0 Å². The Morgan fingerprint density at radius 3 is 3.09 bits per heavy atom. The Bertz CT molecular complexity index is 260. The zero-order chi connectivity index (χ0) is 8.27. The van der Waals surface area contributed by atoms with Crippen molar-refractivity contribution in [2.75, 3.05) is 5.73 Å². The number of rotatable bonds is 2. The molecule has 0 aliphatic heterocycles. The maximum atomic E-state index is 9.24. The van der Waals surface area contributed by atoms with Crippen molar-refractivity contribution >= 4 is 5.69 Å². The molecule has 57 valence electrons. The first-order valence-corrected chi connectivity index (χ1v) is 3.18. The van der Waals surface area contributed by atoms with Gasteiger partial charge in [0.2, 0.25) is 0 Å². The fourth-order valence-electron chi connectivity index (χ4n) is 0.733. The highest BCUT2D eigenvalue weighted by molar-refractivity contribution is 5.46. The maximum Gasteiger partial charge on any atom is 0.101 e. The van der Waals surface area contributed by atoms with Gasteiger partial charge in [0.25, 0.3) is 0 Å². The van der Waals surface area contributed by atoms with Crippen LogP contribution in [0.25, 0.3) is 0 Å². The molecule has 3 nitrogen and oxygen atoms in total. The molecule has 0 aromatic carbocycles. The monoisotopic (exact) mass is 149 g/mol. The predicted molar refractivity (Wildman–Crippen MR) is 42.6 cm³/mol. The van der Waals surface area contributed by atoms with Crippen LogP contribution >= 0.6 is 0 Å². The molecule has 1 heterocycles. The van der Waals surface area contributed by atoms with E-state index < -0.39 is 6.10 Å². The Kier molecular flexibility index (Phi) is 2.23. The number of nitrogens with zero attached hydrogens (tertiary/aromatic N) is 1. The van der Waals surface area contributed by atoms with Gasteiger partial charge in [-0.1, -0.05) is 6.08 Å². The molecule has 0 aliphatic rings. The van der Waals surface area contributed by atoms with Crippen LogP contribution in [0, 0.1) is 6.20 Å². The van der Waals surface area contributed by atoms with Gasteiger partial charge in [-0.05, 0) is 6.07 Å². The molecule has 0 bridgehead atoms. The zero-order valence-electron chi connectivity index (χ0n) is 5.99. The molecule has 0 amide bonds. The summed E-state index contributed by atoms with van der Waals surface area (Å²) in [6, 6.07) is 1.61. The van der Waals surface area contributed by atoms with E-state index in [9.17, 15) is 5.11 Å². The lowest BCUT2D eigenvalue weighted by Gasteiger charge is -2.05. The van der Waals surface area contributed by atoms with Crippen molar-refractivity contribution in [1.82, 2.24) is 4.98 Å². The molecule has 0 saturated carbocycles. The standard InChI is InChI=1S/C8H9N2O/c1-2-8(11)6-5-10-4-3-7(6)9/h2-4,8,11H,1H2,(H2,9,10). The van der Waals surface area contributed by atoms with Gasteiger partial charge in [0.05, 0.1) is 6.20 Å². The van der Waals surface area contributed by atoms with Gasteiger partial charge in [0, 0.05) is 17.4 Å². The van der Waals surface area contributed by atoms with Gasteiger partial charge >= 0.3 is 0 Å². The molecule has 1 unspecified atom stereocenters. The molecule has 3 heteroatoms. The van der Waals surface area contributed by atoms with Crippen LogP contribution in [0.4, 0.5) is 5.69 Å². The minimum atomic E-state index is -0.774. The second-order valence-electron chi connectivity index (χ2n) is 2.11. The summed E-state index contributed by atoms with van der Waals surface area (Å²) in [4.78, 5) is 3.70. The van der Waals surface area contributed by atoms with Crippen molar-refractivity contribution < 1.29 is 5.11 Å². The van der Waals surface area contributed by atoms with Crippen LogP contribution in [0.5, 0.6) is 0 Å². The van der Waals surface area contributed by atoms with Crippen molar-refractivity contribution in [3.8, 4) is 0 Å². The topological polar surface area (TPSA) is 59.1 Å². The first kappa shape index (κ1) is 7.75. The highest BCUT2D eigenvalue weighted by Crippen LogP contribution is 2.17. The van der Waals surface area contributed by atoms with E-state index in [4.69, 9.17) is 5.73 Å². The number of nitrogens with two attached hydrogens (primary N) is 1. The first-order valence-electron chi connectivity index (χ1n) is 3.18. The summed E-state index contributed by atoms with van der Waals surface area (Å²) in [7, 11) is 0. The predicted octanol–water partition coefficient (Wildman–Crippen LogP) is 0.683. The highest BCUT2D eigenvalue weighted by Gasteiger charge is 2.05. The third kappa shape index (κ3) is 1.56. The summed E-state index contributed by atoms with van der Waals surface area (Å²) in [5, 5.41) is 9.24. The minimum Gasteiger partial charge on any atom is -0.398 e. The average Bonchev–Trinajstić information content (AvgIpc) is 2.04. The fourth-order valence-corrected chi connectivity index (χ4v) is 0.733. The summed E-state index contributed by atoms with van der Waals surface area (Å²) < 4.78 is 0. The Morgan fingerprint density at radius 2 is 2.55 bits per heavy atom. The minimum absolute atomic E-state index is 0.475. The highest BCUT2D eigenvalue weighted by atomic mass is 16.3. The Hall–Kier alpha value is -1.35. The van der Waals surface area contributed by atoms with E-state index >= 15 is 0 Å². The Morgan fingerprint density at radius 1 is 1.82 bits per heavy atom. The largest absolute Gasteiger partial charge is 0.398 e. The zero-order valence-corrected chi connectivity index (χ0v) is 5.99. The Labute approximate surface area is 65.2 Å². The average molecular weight is 149 g/mol. The van der Waals surface area contributed by atoms with Crippen molar-refractivity contribution in [1.29, 1.82) is 0 Å². The lowest BCUT2D eigenvalue weighted by molar-refractivity contribution is 0.229. The molecular formula is C8H9N2O. The number of nitrogen functional groups attached to an aromatic ring is 1. The molecule has 1 radical (unpaired) electrons. The summed E-state index contributed by atoms with van der Waals surface area (Å²) in [6.07, 6.45) is 4.72. The second kappa shape index (κ2) is 3.16. The molecule has 0 fully saturated rings. The lowest BCUT2D eigenvalue weighted by Crippen LogP contribution is -1.99. The van der Waals surface area contributed by atoms with Crippen molar-refractivity contribution in [3.05, 3.63) is 36.7 Å². The lowest BCUT2D eigenvalue weighted by atomic mass is 10.1. The van der Waals surface area contributed by atoms with Crippen LogP contribution in [0.1, 0.15) is 11.7 Å². The van der Waals surface area contributed by atoms with E-state index in [1.165, 1.54) is 12.3 Å². The molecule has 0 spiro atoms. The van der Waals surface area contributed by atoms with E-state index in [1.54, 1.807) is 6.07 Å². The molecule has 1 aromatic rings. The molecule has 0 saturated heterocycles. The number of pyridine rings is 1. The van der Waals surface area contributed by atoms with Gasteiger partial charge in [-0.15, -0.1) is 6.58 Å². The van der Waals surface area contributed by atoms with Crippen LogP contribution in [0.3, 0.4) is 0 Å². The smallest absolute Gasteiger partial charge is 0.101 e. The van der Waals surface area contributed by atoms with Gasteiger partial charge in [-0.25, -0.2) is 0 Å². The number of aromatic nitrogens is 1. The SMILES string of the molecule is C=CC(O)c1[c]nccc1N. The molecule has 1 rings (SSSR count). The van der Waals surface area contributed by atoms with E-state index in [0.717, 1.165) is 0 Å². The summed E-state index contributed by atoms with van der Waals surface area (Å²) in [5.74, 6) is 0. The number of anilines is 1. The summed E-state index contributed by atoms with van der Waals surface area (Å²) in [6.45, 7) is 3.42. The van der Waals surface area contributed by atoms with Crippen LogP contribution < -0.4 is 5.73 Å². The summed E-state index contributed by atoms with van der Waals surface area (Å²) >= 11 is 0. The molecule has 1 atom stereocenters. The molecular weight excluding hydrogens is 140 g/mol. The normalized spacial score (nSPS) is 12.5. The third-order valence-electron chi connectivity index (χ3n) is 1.34. The molecule has 1 aromatic heterocycles. The number of hydrogen-bond donors (Lipinski definition) is 2. The van der Waals surface area contributed by atoms with Crippen molar-refractivity contribution in [2.45, 2.75) is 6.10 Å².